The molecule has 0 aliphatic rings. The van der Waals surface area contributed by atoms with Crippen molar-refractivity contribution in [1.82, 2.24) is 0 Å². The lowest BCUT2D eigenvalue weighted by atomic mass is 10.1. The van der Waals surface area contributed by atoms with Gasteiger partial charge in [-0.25, -0.2) is 0 Å². The van der Waals surface area contributed by atoms with Crippen LogP contribution >= 0.6 is 0 Å². The van der Waals surface area contributed by atoms with E-state index in [1.54, 1.807) is 0 Å². The van der Waals surface area contributed by atoms with Gasteiger partial charge in [0, 0.05) is 5.56 Å². The van der Waals surface area contributed by atoms with Gasteiger partial charge < -0.3 is 15.3 Å². The summed E-state index contributed by atoms with van der Waals surface area (Å²) in [7, 11) is 0. The predicted molar refractivity (Wildman–Crippen MR) is 68.3 cm³/mol. The van der Waals surface area contributed by atoms with Crippen molar-refractivity contribution < 1.29 is 27.5 Å². The first-order valence-corrected chi connectivity index (χ1v) is 6.02. The van der Waals surface area contributed by atoms with Gasteiger partial charge in [-0.05, 0) is 24.3 Å². The van der Waals surface area contributed by atoms with Gasteiger partial charge in [0.25, 0.3) is 0 Å². The average Bonchev–Trinajstić information content (AvgIpc) is 2.86. The molecule has 0 aliphatic heterocycles. The first-order chi connectivity index (χ1) is 9.77. The number of halogens is 3. The number of nitrogens with two attached hydrogens (primary N) is 1. The maximum absolute atomic E-state index is 12.6. The molecule has 0 radical (unpaired) electrons. The SMILES string of the molecule is NC(CC(=O)O)c1ccc(-c2cccc(C(F)(F)F)c2)o1. The van der Waals surface area contributed by atoms with Gasteiger partial charge >= 0.3 is 12.1 Å². The van der Waals surface area contributed by atoms with Crippen LogP contribution in [0, 0.1) is 0 Å². The van der Waals surface area contributed by atoms with E-state index in [0.717, 1.165) is 12.1 Å². The molecule has 4 nitrogen and oxygen atoms in total. The van der Waals surface area contributed by atoms with Crippen LogP contribution in [-0.4, -0.2) is 11.1 Å². The van der Waals surface area contributed by atoms with Gasteiger partial charge in [0.15, 0.2) is 0 Å². The molecule has 0 aliphatic carbocycles. The van der Waals surface area contributed by atoms with Crippen molar-refractivity contribution in [3.8, 4) is 11.3 Å². The smallest absolute Gasteiger partial charge is 0.416 e. The Kier molecular flexibility index (Phi) is 4.04. The molecule has 2 aromatic rings. The number of carboxylic acid groups (broad SMARTS) is 1. The predicted octanol–water partition coefficient (Wildman–Crippen LogP) is 3.44. The standard InChI is InChI=1S/C14H12F3NO3/c15-14(16,17)9-3-1-2-8(6-9)11-4-5-12(21-11)10(18)7-13(19)20/h1-6,10H,7,18H2,(H,19,20). The van der Waals surface area contributed by atoms with E-state index in [9.17, 15) is 18.0 Å². The molecule has 1 unspecified atom stereocenters. The average molecular weight is 299 g/mol. The highest BCUT2D eigenvalue weighted by Crippen LogP contribution is 2.33. The van der Waals surface area contributed by atoms with Crippen molar-refractivity contribution in [2.45, 2.75) is 18.6 Å². The third-order valence-corrected chi connectivity index (χ3v) is 2.86. The van der Waals surface area contributed by atoms with Crippen molar-refractivity contribution >= 4 is 5.97 Å². The fraction of sp³-hybridized carbons (Fsp3) is 0.214. The lowest BCUT2D eigenvalue weighted by molar-refractivity contribution is -0.138. The van der Waals surface area contributed by atoms with Crippen LogP contribution in [0.1, 0.15) is 23.8 Å². The van der Waals surface area contributed by atoms with Gasteiger partial charge in [0.2, 0.25) is 0 Å². The first-order valence-electron chi connectivity index (χ1n) is 6.02. The maximum atomic E-state index is 12.6. The molecule has 0 saturated heterocycles. The van der Waals surface area contributed by atoms with Crippen molar-refractivity contribution in [3.63, 3.8) is 0 Å². The minimum atomic E-state index is -4.44. The second-order valence-electron chi connectivity index (χ2n) is 4.48. The molecule has 0 amide bonds. The molecule has 1 aromatic carbocycles. The van der Waals surface area contributed by atoms with E-state index < -0.39 is 23.8 Å². The van der Waals surface area contributed by atoms with Gasteiger partial charge in [-0.1, -0.05) is 12.1 Å². The summed E-state index contributed by atoms with van der Waals surface area (Å²) < 4.78 is 43.3. The van der Waals surface area contributed by atoms with E-state index in [1.807, 2.05) is 0 Å². The Morgan fingerprint density at radius 1 is 1.29 bits per heavy atom. The summed E-state index contributed by atoms with van der Waals surface area (Å²) in [6.45, 7) is 0. The summed E-state index contributed by atoms with van der Waals surface area (Å²) in [6.07, 6.45) is -4.76. The fourth-order valence-corrected chi connectivity index (χ4v) is 1.84. The zero-order chi connectivity index (χ0) is 15.6. The molecular weight excluding hydrogens is 287 g/mol. The normalized spacial score (nSPS) is 13.1. The van der Waals surface area contributed by atoms with Crippen molar-refractivity contribution in [2.75, 3.05) is 0 Å². The second-order valence-corrected chi connectivity index (χ2v) is 4.48. The topological polar surface area (TPSA) is 76.5 Å². The van der Waals surface area contributed by atoms with Gasteiger partial charge in [0.05, 0.1) is 18.0 Å². The molecular formula is C14H12F3NO3. The fourth-order valence-electron chi connectivity index (χ4n) is 1.84. The first kappa shape index (κ1) is 15.1. The molecule has 7 heteroatoms. The van der Waals surface area contributed by atoms with Crippen LogP contribution in [0.4, 0.5) is 13.2 Å². The van der Waals surface area contributed by atoms with Crippen LogP contribution in [0.25, 0.3) is 11.3 Å². The van der Waals surface area contributed by atoms with E-state index in [1.165, 1.54) is 24.3 Å². The molecule has 21 heavy (non-hydrogen) atoms. The quantitative estimate of drug-likeness (QED) is 0.906. The molecule has 1 aromatic heterocycles. The summed E-state index contributed by atoms with van der Waals surface area (Å²) in [5, 5.41) is 8.65. The Morgan fingerprint density at radius 3 is 2.62 bits per heavy atom. The van der Waals surface area contributed by atoms with Crippen LogP contribution in [0.3, 0.4) is 0 Å². The number of carboxylic acids is 1. The number of rotatable bonds is 4. The second kappa shape index (κ2) is 5.61. The molecule has 1 heterocycles. The Balaban J connectivity index is 2.28. The summed E-state index contributed by atoms with van der Waals surface area (Å²) in [6, 6.07) is 6.75. The number of hydrogen-bond acceptors (Lipinski definition) is 3. The largest absolute Gasteiger partial charge is 0.481 e. The van der Waals surface area contributed by atoms with Gasteiger partial charge in [-0.2, -0.15) is 13.2 Å². The maximum Gasteiger partial charge on any atom is 0.416 e. The molecule has 112 valence electrons. The highest BCUT2D eigenvalue weighted by atomic mass is 19.4. The monoisotopic (exact) mass is 299 g/mol. The molecule has 2 rings (SSSR count). The van der Waals surface area contributed by atoms with Crippen LogP contribution in [0.2, 0.25) is 0 Å². The zero-order valence-corrected chi connectivity index (χ0v) is 10.7. The van der Waals surface area contributed by atoms with Crippen molar-refractivity contribution in [2.24, 2.45) is 5.73 Å². The summed E-state index contributed by atoms with van der Waals surface area (Å²) in [5.41, 5.74) is 5.10. The van der Waals surface area contributed by atoms with Gasteiger partial charge in [-0.15, -0.1) is 0 Å². The third kappa shape index (κ3) is 3.63. The number of benzene rings is 1. The van der Waals surface area contributed by atoms with E-state index in [4.69, 9.17) is 15.3 Å². The Morgan fingerprint density at radius 2 is 2.00 bits per heavy atom. The Bertz CT molecular complexity index is 649. The molecule has 0 spiro atoms. The summed E-state index contributed by atoms with van der Waals surface area (Å²) >= 11 is 0. The zero-order valence-electron chi connectivity index (χ0n) is 10.7. The minimum Gasteiger partial charge on any atom is -0.481 e. The van der Waals surface area contributed by atoms with Crippen molar-refractivity contribution in [3.05, 3.63) is 47.7 Å². The molecule has 0 saturated carbocycles. The van der Waals surface area contributed by atoms with E-state index in [0.29, 0.717) is 0 Å². The van der Waals surface area contributed by atoms with E-state index in [-0.39, 0.29) is 23.5 Å². The van der Waals surface area contributed by atoms with E-state index in [2.05, 4.69) is 0 Å². The van der Waals surface area contributed by atoms with E-state index >= 15 is 0 Å². The number of carbonyl (C=O) groups is 1. The third-order valence-electron chi connectivity index (χ3n) is 2.86. The van der Waals surface area contributed by atoms with Gasteiger partial charge in [0.1, 0.15) is 11.5 Å². The van der Waals surface area contributed by atoms with Crippen LogP contribution in [0.15, 0.2) is 40.8 Å². The van der Waals surface area contributed by atoms with Crippen molar-refractivity contribution in [1.29, 1.82) is 0 Å². The molecule has 1 atom stereocenters. The Labute approximate surface area is 118 Å². The Hall–Kier alpha value is -2.28. The van der Waals surface area contributed by atoms with Crippen LogP contribution in [0.5, 0.6) is 0 Å². The van der Waals surface area contributed by atoms with Crippen LogP contribution < -0.4 is 5.73 Å². The van der Waals surface area contributed by atoms with Crippen LogP contribution in [-0.2, 0) is 11.0 Å². The molecule has 0 bridgehead atoms. The number of aliphatic carboxylic acids is 1. The minimum absolute atomic E-state index is 0.205. The highest BCUT2D eigenvalue weighted by molar-refractivity contribution is 5.68. The molecule has 3 N–H and O–H groups in total. The number of alkyl halides is 3. The lowest BCUT2D eigenvalue weighted by Gasteiger charge is -2.08. The van der Waals surface area contributed by atoms with Gasteiger partial charge in [-0.3, -0.25) is 4.79 Å². The highest BCUT2D eigenvalue weighted by Gasteiger charge is 2.30. The number of furan rings is 1. The number of hydrogen-bond donors (Lipinski definition) is 2. The molecule has 0 fully saturated rings. The summed E-state index contributed by atoms with van der Waals surface area (Å²) in [4.78, 5) is 10.6. The summed E-state index contributed by atoms with van der Waals surface area (Å²) in [5.74, 6) is -0.665. The lowest BCUT2D eigenvalue weighted by Crippen LogP contribution is -2.14.